The minimum Gasteiger partial charge on any atom is -0.337 e. The molecule has 5 heteroatoms. The van der Waals surface area contributed by atoms with Crippen LogP contribution in [0, 0.1) is 5.41 Å². The van der Waals surface area contributed by atoms with Crippen LogP contribution in [-0.4, -0.2) is 58.9 Å². The van der Waals surface area contributed by atoms with E-state index >= 15 is 0 Å². The van der Waals surface area contributed by atoms with Crippen LogP contribution in [0.2, 0.25) is 0 Å². The van der Waals surface area contributed by atoms with E-state index in [1.165, 1.54) is 38.5 Å². The van der Waals surface area contributed by atoms with Gasteiger partial charge in [-0.3, -0.25) is 9.59 Å². The van der Waals surface area contributed by atoms with Gasteiger partial charge in [-0.1, -0.05) is 0 Å². The third-order valence-electron chi connectivity index (χ3n) is 8.10. The number of fused-ring (bicyclic) bond motifs is 4. The molecule has 26 heavy (non-hydrogen) atoms. The standard InChI is InChI=1S/C21H33N3O2/c25-19(23-15-3-1-4-16(23)8-7-15)13-21(11-12-22-14-21)20(26)24-17-5-2-6-18(24)10-9-17/h15-18,22H,1-14H2. The summed E-state index contributed by atoms with van der Waals surface area (Å²) < 4.78 is 0. The molecule has 5 rings (SSSR count). The minimum atomic E-state index is -0.480. The summed E-state index contributed by atoms with van der Waals surface area (Å²) in [4.78, 5) is 31.4. The largest absolute Gasteiger partial charge is 0.337 e. The zero-order chi connectivity index (χ0) is 17.7. The molecule has 1 N–H and O–H groups in total. The first-order valence-electron chi connectivity index (χ1n) is 11.0. The van der Waals surface area contributed by atoms with E-state index in [0.29, 0.717) is 43.0 Å². The highest BCUT2D eigenvalue weighted by Crippen LogP contribution is 2.43. The molecular weight excluding hydrogens is 326 g/mol. The summed E-state index contributed by atoms with van der Waals surface area (Å²) in [6.07, 6.45) is 13.1. The molecule has 2 amide bonds. The Labute approximate surface area is 156 Å². The maximum absolute atomic E-state index is 13.7. The third kappa shape index (κ3) is 2.61. The van der Waals surface area contributed by atoms with Gasteiger partial charge in [0.05, 0.1) is 5.41 Å². The van der Waals surface area contributed by atoms with Crippen molar-refractivity contribution in [3.8, 4) is 0 Å². The van der Waals surface area contributed by atoms with E-state index in [2.05, 4.69) is 15.1 Å². The Morgan fingerprint density at radius 2 is 1.35 bits per heavy atom. The van der Waals surface area contributed by atoms with Crippen LogP contribution in [0.25, 0.3) is 0 Å². The zero-order valence-corrected chi connectivity index (χ0v) is 15.9. The lowest BCUT2D eigenvalue weighted by molar-refractivity contribution is -0.152. The molecule has 5 saturated heterocycles. The molecule has 5 fully saturated rings. The van der Waals surface area contributed by atoms with Crippen molar-refractivity contribution >= 4 is 11.8 Å². The lowest BCUT2D eigenvalue weighted by Crippen LogP contribution is -2.54. The summed E-state index contributed by atoms with van der Waals surface area (Å²) in [5.41, 5.74) is -0.480. The lowest BCUT2D eigenvalue weighted by atomic mass is 9.80. The molecule has 0 aromatic rings. The molecular formula is C21H33N3O2. The number of carbonyl (C=O) groups is 2. The number of hydrogen-bond acceptors (Lipinski definition) is 3. The predicted octanol–water partition coefficient (Wildman–Crippen LogP) is 2.44. The van der Waals surface area contributed by atoms with Crippen LogP contribution in [0.5, 0.6) is 0 Å². The van der Waals surface area contributed by atoms with Gasteiger partial charge in [-0.2, -0.15) is 0 Å². The quantitative estimate of drug-likeness (QED) is 0.842. The summed E-state index contributed by atoms with van der Waals surface area (Å²) in [6, 6.07) is 1.79. The Hall–Kier alpha value is -1.10. The van der Waals surface area contributed by atoms with Crippen LogP contribution in [0.3, 0.4) is 0 Å². The second-order valence-electron chi connectivity index (χ2n) is 9.53. The molecule has 0 aromatic heterocycles. The normalized spacial score (nSPS) is 41.7. The van der Waals surface area contributed by atoms with Gasteiger partial charge in [0.1, 0.15) is 0 Å². The summed E-state index contributed by atoms with van der Waals surface area (Å²) in [7, 11) is 0. The average Bonchev–Trinajstić information content (AvgIpc) is 3.28. The van der Waals surface area contributed by atoms with Crippen LogP contribution in [0.4, 0.5) is 0 Å². The van der Waals surface area contributed by atoms with Crippen LogP contribution in [-0.2, 0) is 9.59 Å². The summed E-state index contributed by atoms with van der Waals surface area (Å²) in [5, 5.41) is 3.41. The SMILES string of the molecule is O=C(CC1(C(=O)N2C3CCCC2CC3)CCNC1)N1C2CCCC1CC2. The molecule has 5 atom stereocenters. The number of rotatable bonds is 3. The average molecular weight is 360 g/mol. The summed E-state index contributed by atoms with van der Waals surface area (Å²) in [6.45, 7) is 1.56. The molecule has 0 aromatic carbocycles. The second-order valence-corrected chi connectivity index (χ2v) is 9.53. The van der Waals surface area contributed by atoms with Crippen LogP contribution < -0.4 is 5.32 Å². The molecule has 5 unspecified atom stereocenters. The molecule has 5 nitrogen and oxygen atoms in total. The fraction of sp³-hybridized carbons (Fsp3) is 0.905. The molecule has 144 valence electrons. The van der Waals surface area contributed by atoms with E-state index in [4.69, 9.17) is 0 Å². The number of carbonyl (C=O) groups excluding carboxylic acids is 2. The molecule has 0 saturated carbocycles. The van der Waals surface area contributed by atoms with Crippen molar-refractivity contribution in [2.24, 2.45) is 5.41 Å². The fourth-order valence-electron chi connectivity index (χ4n) is 6.78. The topological polar surface area (TPSA) is 52.7 Å². The Morgan fingerprint density at radius 1 is 0.808 bits per heavy atom. The molecule has 0 radical (unpaired) electrons. The van der Waals surface area contributed by atoms with Gasteiger partial charge >= 0.3 is 0 Å². The molecule has 5 aliphatic rings. The number of piperidine rings is 2. The highest BCUT2D eigenvalue weighted by molar-refractivity contribution is 5.90. The van der Waals surface area contributed by atoms with Crippen molar-refractivity contribution < 1.29 is 9.59 Å². The van der Waals surface area contributed by atoms with E-state index in [9.17, 15) is 9.59 Å². The van der Waals surface area contributed by atoms with Crippen LogP contribution in [0.15, 0.2) is 0 Å². The minimum absolute atomic E-state index is 0.263. The lowest BCUT2D eigenvalue weighted by Gasteiger charge is -2.42. The van der Waals surface area contributed by atoms with Gasteiger partial charge in [0.25, 0.3) is 0 Å². The monoisotopic (exact) mass is 359 g/mol. The van der Waals surface area contributed by atoms with Crippen molar-refractivity contribution in [3.63, 3.8) is 0 Å². The Kier molecular flexibility index (Phi) is 4.26. The Morgan fingerprint density at radius 3 is 1.85 bits per heavy atom. The van der Waals surface area contributed by atoms with E-state index < -0.39 is 5.41 Å². The van der Waals surface area contributed by atoms with Crippen molar-refractivity contribution in [2.75, 3.05) is 13.1 Å². The van der Waals surface area contributed by atoms with Gasteiger partial charge in [-0.25, -0.2) is 0 Å². The van der Waals surface area contributed by atoms with Gasteiger partial charge in [0.2, 0.25) is 11.8 Å². The molecule has 5 heterocycles. The Bertz CT molecular complexity index is 554. The highest BCUT2D eigenvalue weighted by Gasteiger charge is 2.52. The fourth-order valence-corrected chi connectivity index (χ4v) is 6.78. The van der Waals surface area contributed by atoms with Crippen molar-refractivity contribution in [2.45, 2.75) is 101 Å². The predicted molar refractivity (Wildman–Crippen MR) is 99.6 cm³/mol. The summed E-state index contributed by atoms with van der Waals surface area (Å²) in [5.74, 6) is 0.561. The van der Waals surface area contributed by atoms with Gasteiger partial charge in [0.15, 0.2) is 0 Å². The van der Waals surface area contributed by atoms with E-state index in [1.807, 2.05) is 0 Å². The number of hydrogen-bond donors (Lipinski definition) is 1. The third-order valence-corrected chi connectivity index (χ3v) is 8.10. The maximum Gasteiger partial charge on any atom is 0.231 e. The van der Waals surface area contributed by atoms with Crippen molar-refractivity contribution in [1.29, 1.82) is 0 Å². The van der Waals surface area contributed by atoms with E-state index in [-0.39, 0.29) is 5.91 Å². The second kappa shape index (κ2) is 6.50. The smallest absolute Gasteiger partial charge is 0.231 e. The first kappa shape index (κ1) is 17.0. The van der Waals surface area contributed by atoms with Crippen LogP contribution >= 0.6 is 0 Å². The van der Waals surface area contributed by atoms with Gasteiger partial charge in [-0.05, 0) is 77.2 Å². The zero-order valence-electron chi connectivity index (χ0n) is 15.9. The van der Waals surface area contributed by atoms with Gasteiger partial charge in [0, 0.05) is 37.1 Å². The summed E-state index contributed by atoms with van der Waals surface area (Å²) >= 11 is 0. The number of nitrogens with zero attached hydrogens (tertiary/aromatic N) is 2. The van der Waals surface area contributed by atoms with Crippen molar-refractivity contribution in [1.82, 2.24) is 15.1 Å². The maximum atomic E-state index is 13.7. The van der Waals surface area contributed by atoms with Gasteiger partial charge in [-0.15, -0.1) is 0 Å². The van der Waals surface area contributed by atoms with E-state index in [0.717, 1.165) is 38.6 Å². The molecule has 5 aliphatic heterocycles. The molecule has 0 spiro atoms. The number of amides is 2. The highest BCUT2D eigenvalue weighted by atomic mass is 16.2. The number of nitrogens with one attached hydrogen (secondary N) is 1. The van der Waals surface area contributed by atoms with E-state index in [1.54, 1.807) is 0 Å². The van der Waals surface area contributed by atoms with Crippen LogP contribution in [0.1, 0.15) is 77.0 Å². The molecule has 4 bridgehead atoms. The first-order chi connectivity index (χ1) is 12.7. The van der Waals surface area contributed by atoms with Gasteiger partial charge < -0.3 is 15.1 Å². The Balaban J connectivity index is 1.36. The first-order valence-corrected chi connectivity index (χ1v) is 11.0. The molecule has 0 aliphatic carbocycles. The van der Waals surface area contributed by atoms with Crippen molar-refractivity contribution in [3.05, 3.63) is 0 Å².